The SMILES string of the molecule is Cc1ccccc1CNC(=O)COc1ccc(C(N)=O)cc1. The fraction of sp³-hybridized carbons (Fsp3) is 0.176. The predicted molar refractivity (Wildman–Crippen MR) is 83.5 cm³/mol. The number of carbonyl (C=O) groups is 2. The standard InChI is InChI=1S/C17H18N2O3/c1-12-4-2-3-5-14(12)10-19-16(20)11-22-15-8-6-13(7-9-15)17(18)21/h2-9H,10-11H2,1H3,(H2,18,21)(H,19,20). The third-order valence-corrected chi connectivity index (χ3v) is 3.25. The zero-order valence-corrected chi connectivity index (χ0v) is 12.3. The maximum atomic E-state index is 11.8. The maximum Gasteiger partial charge on any atom is 0.258 e. The first kappa shape index (κ1) is 15.6. The number of hydrogen-bond acceptors (Lipinski definition) is 3. The van der Waals surface area contributed by atoms with Gasteiger partial charge in [-0.1, -0.05) is 24.3 Å². The maximum absolute atomic E-state index is 11.8. The summed E-state index contributed by atoms with van der Waals surface area (Å²) in [6.07, 6.45) is 0. The van der Waals surface area contributed by atoms with Crippen LogP contribution in [0.25, 0.3) is 0 Å². The molecule has 0 unspecified atom stereocenters. The lowest BCUT2D eigenvalue weighted by Gasteiger charge is -2.09. The summed E-state index contributed by atoms with van der Waals surface area (Å²) in [5.74, 6) is -0.194. The molecule has 114 valence electrons. The van der Waals surface area contributed by atoms with Crippen LogP contribution in [-0.4, -0.2) is 18.4 Å². The molecule has 3 N–H and O–H groups in total. The van der Waals surface area contributed by atoms with Crippen molar-refractivity contribution in [3.8, 4) is 5.75 Å². The number of primary amides is 1. The number of rotatable bonds is 6. The van der Waals surface area contributed by atoms with Crippen LogP contribution >= 0.6 is 0 Å². The van der Waals surface area contributed by atoms with Gasteiger partial charge in [-0.2, -0.15) is 0 Å². The van der Waals surface area contributed by atoms with Gasteiger partial charge in [-0.05, 0) is 42.3 Å². The molecule has 5 nitrogen and oxygen atoms in total. The van der Waals surface area contributed by atoms with Crippen LogP contribution in [0, 0.1) is 6.92 Å². The minimum Gasteiger partial charge on any atom is -0.484 e. The molecule has 0 fully saturated rings. The molecule has 0 saturated heterocycles. The summed E-state index contributed by atoms with van der Waals surface area (Å²) >= 11 is 0. The van der Waals surface area contributed by atoms with Crippen LogP contribution in [0.3, 0.4) is 0 Å². The van der Waals surface area contributed by atoms with E-state index in [0.29, 0.717) is 17.9 Å². The van der Waals surface area contributed by atoms with Crippen LogP contribution in [0.1, 0.15) is 21.5 Å². The van der Waals surface area contributed by atoms with E-state index in [1.807, 2.05) is 31.2 Å². The number of ether oxygens (including phenoxy) is 1. The van der Waals surface area contributed by atoms with Gasteiger partial charge in [0.05, 0.1) is 0 Å². The van der Waals surface area contributed by atoms with Crippen molar-refractivity contribution >= 4 is 11.8 Å². The summed E-state index contributed by atoms with van der Waals surface area (Å²) in [4.78, 5) is 22.7. The van der Waals surface area contributed by atoms with E-state index in [1.165, 1.54) is 0 Å². The van der Waals surface area contributed by atoms with E-state index in [9.17, 15) is 9.59 Å². The normalized spacial score (nSPS) is 10.0. The smallest absolute Gasteiger partial charge is 0.258 e. The Bertz CT molecular complexity index is 666. The van der Waals surface area contributed by atoms with E-state index in [2.05, 4.69) is 5.32 Å². The molecule has 5 heteroatoms. The van der Waals surface area contributed by atoms with Crippen LogP contribution in [0.2, 0.25) is 0 Å². The fourth-order valence-electron chi connectivity index (χ4n) is 1.92. The summed E-state index contributed by atoms with van der Waals surface area (Å²) < 4.78 is 5.36. The molecule has 2 aromatic rings. The van der Waals surface area contributed by atoms with Crippen LogP contribution in [0.4, 0.5) is 0 Å². The Hall–Kier alpha value is -2.82. The predicted octanol–water partition coefficient (Wildman–Crippen LogP) is 1.79. The highest BCUT2D eigenvalue weighted by atomic mass is 16.5. The van der Waals surface area contributed by atoms with Crippen molar-refractivity contribution in [1.29, 1.82) is 0 Å². The molecule has 0 saturated carbocycles. The van der Waals surface area contributed by atoms with Gasteiger partial charge in [-0.3, -0.25) is 9.59 Å². The Morgan fingerprint density at radius 1 is 1.09 bits per heavy atom. The summed E-state index contributed by atoms with van der Waals surface area (Å²) in [6, 6.07) is 14.2. The second kappa shape index (κ2) is 7.26. The first-order valence-corrected chi connectivity index (χ1v) is 6.90. The molecular weight excluding hydrogens is 280 g/mol. The third kappa shape index (κ3) is 4.34. The van der Waals surface area contributed by atoms with Gasteiger partial charge in [0.25, 0.3) is 5.91 Å². The molecule has 0 radical (unpaired) electrons. The van der Waals surface area contributed by atoms with Gasteiger partial charge >= 0.3 is 0 Å². The van der Waals surface area contributed by atoms with Gasteiger partial charge in [0.1, 0.15) is 5.75 Å². The molecule has 0 spiro atoms. The molecule has 2 amide bonds. The minimum atomic E-state index is -0.498. The molecule has 0 heterocycles. The van der Waals surface area contributed by atoms with Gasteiger partial charge < -0.3 is 15.8 Å². The molecule has 0 aliphatic heterocycles. The number of carbonyl (C=O) groups excluding carboxylic acids is 2. The summed E-state index contributed by atoms with van der Waals surface area (Å²) in [7, 11) is 0. The molecule has 0 bridgehead atoms. The summed E-state index contributed by atoms with van der Waals surface area (Å²) in [5.41, 5.74) is 7.75. The number of aryl methyl sites for hydroxylation is 1. The Labute approximate surface area is 129 Å². The molecule has 0 aromatic heterocycles. The molecule has 2 aromatic carbocycles. The molecule has 0 aliphatic carbocycles. The Morgan fingerprint density at radius 2 is 1.77 bits per heavy atom. The average Bonchev–Trinajstić information content (AvgIpc) is 2.52. The molecule has 0 atom stereocenters. The lowest BCUT2D eigenvalue weighted by atomic mass is 10.1. The van der Waals surface area contributed by atoms with E-state index in [0.717, 1.165) is 11.1 Å². The Balaban J connectivity index is 1.80. The molecular formula is C17H18N2O3. The Morgan fingerprint density at radius 3 is 2.41 bits per heavy atom. The van der Waals surface area contributed by atoms with E-state index in [1.54, 1.807) is 24.3 Å². The van der Waals surface area contributed by atoms with E-state index < -0.39 is 5.91 Å². The van der Waals surface area contributed by atoms with Gasteiger partial charge in [-0.15, -0.1) is 0 Å². The van der Waals surface area contributed by atoms with E-state index >= 15 is 0 Å². The van der Waals surface area contributed by atoms with Crippen LogP contribution < -0.4 is 15.8 Å². The second-order valence-corrected chi connectivity index (χ2v) is 4.88. The minimum absolute atomic E-state index is 0.0815. The highest BCUT2D eigenvalue weighted by Gasteiger charge is 2.05. The zero-order chi connectivity index (χ0) is 15.9. The third-order valence-electron chi connectivity index (χ3n) is 3.25. The highest BCUT2D eigenvalue weighted by Crippen LogP contribution is 2.11. The highest BCUT2D eigenvalue weighted by molar-refractivity contribution is 5.92. The Kier molecular flexibility index (Phi) is 5.14. The largest absolute Gasteiger partial charge is 0.484 e. The monoisotopic (exact) mass is 298 g/mol. The quantitative estimate of drug-likeness (QED) is 0.853. The first-order chi connectivity index (χ1) is 10.6. The van der Waals surface area contributed by atoms with Crippen molar-refractivity contribution in [2.45, 2.75) is 13.5 Å². The summed E-state index contributed by atoms with van der Waals surface area (Å²) in [6.45, 7) is 2.38. The lowest BCUT2D eigenvalue weighted by Crippen LogP contribution is -2.28. The van der Waals surface area contributed by atoms with Crippen LogP contribution in [0.5, 0.6) is 5.75 Å². The molecule has 0 aliphatic rings. The number of nitrogens with two attached hydrogens (primary N) is 1. The topological polar surface area (TPSA) is 81.4 Å². The van der Waals surface area contributed by atoms with Gasteiger partial charge in [0.15, 0.2) is 6.61 Å². The van der Waals surface area contributed by atoms with Crippen molar-refractivity contribution < 1.29 is 14.3 Å². The van der Waals surface area contributed by atoms with E-state index in [4.69, 9.17) is 10.5 Å². The van der Waals surface area contributed by atoms with Gasteiger partial charge in [-0.25, -0.2) is 0 Å². The summed E-state index contributed by atoms with van der Waals surface area (Å²) in [5, 5.41) is 2.80. The fourth-order valence-corrected chi connectivity index (χ4v) is 1.92. The van der Waals surface area contributed by atoms with E-state index in [-0.39, 0.29) is 12.5 Å². The average molecular weight is 298 g/mol. The lowest BCUT2D eigenvalue weighted by molar-refractivity contribution is -0.123. The van der Waals surface area contributed by atoms with Crippen molar-refractivity contribution in [2.75, 3.05) is 6.61 Å². The van der Waals surface area contributed by atoms with Crippen molar-refractivity contribution in [3.63, 3.8) is 0 Å². The van der Waals surface area contributed by atoms with Crippen molar-refractivity contribution in [1.82, 2.24) is 5.32 Å². The second-order valence-electron chi connectivity index (χ2n) is 4.88. The first-order valence-electron chi connectivity index (χ1n) is 6.90. The van der Waals surface area contributed by atoms with Gasteiger partial charge in [0.2, 0.25) is 5.91 Å². The number of amides is 2. The van der Waals surface area contributed by atoms with Crippen molar-refractivity contribution in [2.24, 2.45) is 5.73 Å². The van der Waals surface area contributed by atoms with Crippen molar-refractivity contribution in [3.05, 3.63) is 65.2 Å². The molecule has 22 heavy (non-hydrogen) atoms. The number of nitrogens with one attached hydrogen (secondary N) is 1. The van der Waals surface area contributed by atoms with Gasteiger partial charge in [0, 0.05) is 12.1 Å². The zero-order valence-electron chi connectivity index (χ0n) is 12.3. The number of benzene rings is 2. The van der Waals surface area contributed by atoms with Crippen LogP contribution in [0.15, 0.2) is 48.5 Å². The van der Waals surface area contributed by atoms with Crippen LogP contribution in [-0.2, 0) is 11.3 Å². The molecule has 2 rings (SSSR count). The number of hydrogen-bond donors (Lipinski definition) is 2.